The molecule has 188 valence electrons. The Kier molecular flexibility index (Phi) is 5.84. The van der Waals surface area contributed by atoms with Crippen molar-refractivity contribution in [3.63, 3.8) is 0 Å². The van der Waals surface area contributed by atoms with Crippen molar-refractivity contribution < 1.29 is 15.0 Å². The molecule has 0 saturated carbocycles. The Morgan fingerprint density at radius 3 is 2.62 bits per heavy atom. The molecule has 4 aromatic rings. The maximum absolute atomic E-state index is 12.9. The van der Waals surface area contributed by atoms with E-state index in [9.17, 15) is 19.8 Å². The first-order valence-electron chi connectivity index (χ1n) is 12.5. The van der Waals surface area contributed by atoms with E-state index in [0.29, 0.717) is 11.6 Å². The second-order valence-corrected chi connectivity index (χ2v) is 9.63. The SMILES string of the molecule is O=C(O)c1cn(-c2ccc3c(c2)CCC3)c2nc(Nc3ccc(N4CCC[C@H]4CO)cc3)ncc2c1=O. The third kappa shape index (κ3) is 4.21. The number of pyridine rings is 1. The van der Waals surface area contributed by atoms with Crippen molar-refractivity contribution in [2.45, 2.75) is 38.1 Å². The minimum atomic E-state index is -1.29. The Morgan fingerprint density at radius 1 is 1.05 bits per heavy atom. The average Bonchev–Trinajstić information content (AvgIpc) is 3.58. The van der Waals surface area contributed by atoms with Crippen LogP contribution in [0.4, 0.5) is 17.3 Å². The van der Waals surface area contributed by atoms with Crippen molar-refractivity contribution in [2.75, 3.05) is 23.4 Å². The normalized spacial score (nSPS) is 16.8. The quantitative estimate of drug-likeness (QED) is 0.369. The van der Waals surface area contributed by atoms with Crippen molar-refractivity contribution in [3.8, 4) is 5.69 Å². The van der Waals surface area contributed by atoms with E-state index in [0.717, 1.165) is 55.7 Å². The molecule has 1 atom stereocenters. The van der Waals surface area contributed by atoms with E-state index < -0.39 is 11.4 Å². The van der Waals surface area contributed by atoms with Gasteiger partial charge in [0.05, 0.1) is 18.0 Å². The Hall–Kier alpha value is -4.24. The van der Waals surface area contributed by atoms with Crippen molar-refractivity contribution in [1.29, 1.82) is 0 Å². The maximum atomic E-state index is 12.9. The molecule has 0 spiro atoms. The summed E-state index contributed by atoms with van der Waals surface area (Å²) in [5, 5.41) is 22.6. The summed E-state index contributed by atoms with van der Waals surface area (Å²) in [4.78, 5) is 35.9. The van der Waals surface area contributed by atoms with Crippen LogP contribution in [-0.2, 0) is 12.8 Å². The van der Waals surface area contributed by atoms with Gasteiger partial charge in [0.15, 0.2) is 5.65 Å². The minimum Gasteiger partial charge on any atom is -0.477 e. The fourth-order valence-corrected chi connectivity index (χ4v) is 5.46. The fourth-order valence-electron chi connectivity index (χ4n) is 5.46. The summed E-state index contributed by atoms with van der Waals surface area (Å²) in [6.45, 7) is 1.06. The molecule has 2 aromatic heterocycles. The van der Waals surface area contributed by atoms with Gasteiger partial charge < -0.3 is 25.0 Å². The Labute approximate surface area is 213 Å². The van der Waals surface area contributed by atoms with Gasteiger partial charge in [-0.1, -0.05) is 6.07 Å². The highest BCUT2D eigenvalue weighted by atomic mass is 16.4. The van der Waals surface area contributed by atoms with E-state index in [2.05, 4.69) is 26.3 Å². The zero-order chi connectivity index (χ0) is 25.5. The van der Waals surface area contributed by atoms with Gasteiger partial charge in [0.2, 0.25) is 11.4 Å². The Bertz CT molecular complexity index is 1560. The number of aliphatic hydroxyl groups excluding tert-OH is 1. The summed E-state index contributed by atoms with van der Waals surface area (Å²) in [6.07, 6.45) is 7.88. The van der Waals surface area contributed by atoms with Crippen LogP contribution in [0.15, 0.2) is 59.7 Å². The molecule has 9 heteroatoms. The Balaban J connectivity index is 1.38. The maximum Gasteiger partial charge on any atom is 0.341 e. The van der Waals surface area contributed by atoms with E-state index in [-0.39, 0.29) is 23.6 Å². The molecule has 1 aliphatic heterocycles. The summed E-state index contributed by atoms with van der Waals surface area (Å²) in [5.74, 6) is -0.988. The van der Waals surface area contributed by atoms with Crippen LogP contribution in [0.2, 0.25) is 0 Å². The summed E-state index contributed by atoms with van der Waals surface area (Å²) < 4.78 is 1.66. The number of fused-ring (bicyclic) bond motifs is 2. The molecule has 9 nitrogen and oxygen atoms in total. The molecule has 3 N–H and O–H groups in total. The smallest absolute Gasteiger partial charge is 0.341 e. The number of carboxylic acid groups (broad SMARTS) is 1. The second kappa shape index (κ2) is 9.33. The third-order valence-electron chi connectivity index (χ3n) is 7.38. The molecule has 37 heavy (non-hydrogen) atoms. The first-order chi connectivity index (χ1) is 18.0. The molecule has 1 aliphatic carbocycles. The van der Waals surface area contributed by atoms with Crippen LogP contribution < -0.4 is 15.6 Å². The van der Waals surface area contributed by atoms with Gasteiger partial charge in [0, 0.05) is 36.0 Å². The molecule has 2 aliphatic rings. The van der Waals surface area contributed by atoms with Crippen molar-refractivity contribution in [3.05, 3.63) is 81.8 Å². The molecule has 2 aromatic carbocycles. The molecule has 0 bridgehead atoms. The van der Waals surface area contributed by atoms with Gasteiger partial charge in [-0.15, -0.1) is 0 Å². The lowest BCUT2D eigenvalue weighted by atomic mass is 10.1. The molecule has 0 unspecified atom stereocenters. The summed E-state index contributed by atoms with van der Waals surface area (Å²) >= 11 is 0. The summed E-state index contributed by atoms with van der Waals surface area (Å²) in [7, 11) is 0. The van der Waals surface area contributed by atoms with Crippen LogP contribution in [0.3, 0.4) is 0 Å². The summed E-state index contributed by atoms with van der Waals surface area (Å²) in [5.41, 5.74) is 4.51. The average molecular weight is 498 g/mol. The van der Waals surface area contributed by atoms with Crippen LogP contribution in [-0.4, -0.2) is 49.9 Å². The number of hydrogen-bond donors (Lipinski definition) is 3. The molecular weight excluding hydrogens is 470 g/mol. The largest absolute Gasteiger partial charge is 0.477 e. The van der Waals surface area contributed by atoms with Crippen molar-refractivity contribution in [1.82, 2.24) is 14.5 Å². The number of aliphatic hydroxyl groups is 1. The molecule has 6 rings (SSSR count). The highest BCUT2D eigenvalue weighted by molar-refractivity contribution is 5.92. The molecule has 0 radical (unpaired) electrons. The molecule has 1 fully saturated rings. The number of nitrogens with zero attached hydrogens (tertiary/aromatic N) is 4. The number of carboxylic acids is 1. The molecule has 1 saturated heterocycles. The highest BCUT2D eigenvalue weighted by Gasteiger charge is 2.24. The van der Waals surface area contributed by atoms with Crippen LogP contribution in [0.1, 0.15) is 40.7 Å². The number of benzene rings is 2. The van der Waals surface area contributed by atoms with Gasteiger partial charge in [0.25, 0.3) is 0 Å². The van der Waals surface area contributed by atoms with E-state index in [4.69, 9.17) is 0 Å². The lowest BCUT2D eigenvalue weighted by molar-refractivity contribution is 0.0695. The zero-order valence-electron chi connectivity index (χ0n) is 20.2. The van der Waals surface area contributed by atoms with Crippen LogP contribution in [0.25, 0.3) is 16.7 Å². The van der Waals surface area contributed by atoms with Crippen molar-refractivity contribution in [2.24, 2.45) is 0 Å². The van der Waals surface area contributed by atoms with Gasteiger partial charge in [-0.2, -0.15) is 4.98 Å². The predicted molar refractivity (Wildman–Crippen MR) is 141 cm³/mol. The number of carbonyl (C=O) groups is 1. The number of aromatic nitrogens is 3. The molecule has 3 heterocycles. The van der Waals surface area contributed by atoms with E-state index in [1.165, 1.54) is 23.5 Å². The number of anilines is 3. The Morgan fingerprint density at radius 2 is 1.84 bits per heavy atom. The third-order valence-corrected chi connectivity index (χ3v) is 7.38. The number of aryl methyl sites for hydroxylation is 2. The minimum absolute atomic E-state index is 0.139. The number of aromatic carboxylic acids is 1. The number of hydrogen-bond acceptors (Lipinski definition) is 7. The number of nitrogens with one attached hydrogen (secondary N) is 1. The van der Waals surface area contributed by atoms with Crippen LogP contribution >= 0.6 is 0 Å². The first kappa shape index (κ1) is 23.2. The molecular formula is C28H27N5O4. The van der Waals surface area contributed by atoms with Gasteiger partial charge in [0.1, 0.15) is 5.56 Å². The van der Waals surface area contributed by atoms with Gasteiger partial charge in [-0.25, -0.2) is 9.78 Å². The van der Waals surface area contributed by atoms with E-state index >= 15 is 0 Å². The lowest BCUT2D eigenvalue weighted by Crippen LogP contribution is -2.31. The standard InChI is InChI=1S/C28H27N5O4/c34-16-22-5-2-12-32(22)20-10-7-19(8-11-20)30-28-29-14-23-25(35)24(27(36)37)15-33(26(23)31-28)21-9-6-17-3-1-4-18(17)13-21/h6-11,13-15,22,34H,1-5,12,16H2,(H,36,37)(H,29,30,31)/t22-/m0/s1. The topological polar surface area (TPSA) is 121 Å². The lowest BCUT2D eigenvalue weighted by Gasteiger charge is -2.25. The number of rotatable bonds is 6. The van der Waals surface area contributed by atoms with Gasteiger partial charge in [-0.05, 0) is 79.6 Å². The van der Waals surface area contributed by atoms with Gasteiger partial charge in [-0.3, -0.25) is 4.79 Å². The first-order valence-corrected chi connectivity index (χ1v) is 12.5. The van der Waals surface area contributed by atoms with Gasteiger partial charge >= 0.3 is 5.97 Å². The van der Waals surface area contributed by atoms with Crippen LogP contribution in [0, 0.1) is 0 Å². The highest BCUT2D eigenvalue weighted by Crippen LogP contribution is 2.28. The van der Waals surface area contributed by atoms with Crippen LogP contribution in [0.5, 0.6) is 0 Å². The van der Waals surface area contributed by atoms with Crippen molar-refractivity contribution >= 4 is 34.3 Å². The molecule has 0 amide bonds. The summed E-state index contributed by atoms with van der Waals surface area (Å²) in [6, 6.07) is 14.0. The zero-order valence-corrected chi connectivity index (χ0v) is 20.2. The van der Waals surface area contributed by atoms with E-state index in [1.54, 1.807) is 4.57 Å². The fraction of sp³-hybridized carbons (Fsp3) is 0.286. The van der Waals surface area contributed by atoms with E-state index in [1.807, 2.05) is 36.4 Å². The predicted octanol–water partition coefficient (Wildman–Crippen LogP) is 3.67. The monoisotopic (exact) mass is 497 g/mol. The second-order valence-electron chi connectivity index (χ2n) is 9.63.